The van der Waals surface area contributed by atoms with Crippen molar-refractivity contribution in [3.05, 3.63) is 130 Å². The number of halogens is 2. The molecule has 0 saturated heterocycles. The van der Waals surface area contributed by atoms with Gasteiger partial charge in [0.2, 0.25) is 10.6 Å². The van der Waals surface area contributed by atoms with E-state index in [9.17, 15) is 0 Å². The summed E-state index contributed by atoms with van der Waals surface area (Å²) in [4.78, 5) is 25.1. The van der Waals surface area contributed by atoms with E-state index in [1.165, 1.54) is 0 Å². The number of benzene rings is 4. The van der Waals surface area contributed by atoms with Crippen LogP contribution < -0.4 is 18.9 Å². The third-order valence-electron chi connectivity index (χ3n) is 8.27. The molecule has 12 heteroatoms. The molecule has 10 nitrogen and oxygen atoms in total. The summed E-state index contributed by atoms with van der Waals surface area (Å²) in [5.74, 6) is 2.11. The Hall–Kier alpha value is -5.32. The summed E-state index contributed by atoms with van der Waals surface area (Å²) in [6.07, 6.45) is 0. The Labute approximate surface area is 286 Å². The second kappa shape index (κ2) is 12.4. The zero-order valence-electron chi connectivity index (χ0n) is 26.3. The van der Waals surface area contributed by atoms with Gasteiger partial charge in [-0.05, 0) is 94.0 Å². The Morgan fingerprint density at radius 1 is 0.354 bits per heavy atom. The molecular formula is C36H28Cl2N6O4. The standard InChI is InChI=1S/C36H28Cl2N6O4/c1-35(2)21-5-13-25(14-6-21)45-31-39-29(37)41-33(43-31)47-27-17-9-23(10-18-27)36(3,4)24-11-19-28(20-12-24)48-34-42-30(38)40-32(44-34)46-26-15-7-22(35)8-16-26/h5-20H,1-4H3. The van der Waals surface area contributed by atoms with Crippen molar-refractivity contribution in [2.24, 2.45) is 0 Å². The van der Waals surface area contributed by atoms with Crippen molar-refractivity contribution in [3.63, 3.8) is 0 Å². The first-order valence-corrected chi connectivity index (χ1v) is 15.7. The minimum atomic E-state index is -0.352. The van der Waals surface area contributed by atoms with Crippen molar-refractivity contribution in [3.8, 4) is 47.0 Å². The molecule has 0 aliphatic carbocycles. The van der Waals surface area contributed by atoms with E-state index >= 15 is 0 Å². The highest BCUT2D eigenvalue weighted by atomic mass is 35.5. The summed E-state index contributed by atoms with van der Waals surface area (Å²) in [7, 11) is 0. The van der Waals surface area contributed by atoms with Crippen LogP contribution in [0.25, 0.3) is 0 Å². The van der Waals surface area contributed by atoms with Crippen LogP contribution in [0.1, 0.15) is 49.9 Å². The van der Waals surface area contributed by atoms with Gasteiger partial charge in [-0.3, -0.25) is 0 Å². The zero-order valence-corrected chi connectivity index (χ0v) is 27.8. The first kappa shape index (κ1) is 31.3. The molecule has 13 rings (SSSR count). The monoisotopic (exact) mass is 678 g/mol. The van der Waals surface area contributed by atoms with E-state index in [4.69, 9.17) is 42.1 Å². The maximum Gasteiger partial charge on any atom is 0.329 e. The van der Waals surface area contributed by atoms with Gasteiger partial charge in [0.15, 0.2) is 0 Å². The predicted octanol–water partition coefficient (Wildman–Crippen LogP) is 9.50. The van der Waals surface area contributed by atoms with E-state index in [2.05, 4.69) is 57.6 Å². The van der Waals surface area contributed by atoms with Gasteiger partial charge >= 0.3 is 24.0 Å². The number of ether oxygens (including phenoxy) is 4. The van der Waals surface area contributed by atoms with Gasteiger partial charge in [-0.2, -0.15) is 19.9 Å². The molecule has 6 aromatic rings. The number of nitrogens with zero attached hydrogens (tertiary/aromatic N) is 6. The van der Waals surface area contributed by atoms with Crippen LogP contribution in [-0.2, 0) is 10.8 Å². The predicted molar refractivity (Wildman–Crippen MR) is 180 cm³/mol. The van der Waals surface area contributed by atoms with Crippen LogP contribution in [0.2, 0.25) is 10.6 Å². The Morgan fingerprint density at radius 3 is 0.771 bits per heavy atom. The minimum absolute atomic E-state index is 0.0116. The van der Waals surface area contributed by atoms with Gasteiger partial charge in [-0.1, -0.05) is 76.2 Å². The molecule has 0 amide bonds. The van der Waals surface area contributed by atoms with Crippen molar-refractivity contribution >= 4 is 23.2 Å². The van der Waals surface area contributed by atoms with E-state index < -0.39 is 0 Å². The van der Waals surface area contributed by atoms with Gasteiger partial charge in [-0.15, -0.1) is 9.97 Å². The van der Waals surface area contributed by atoms with Crippen molar-refractivity contribution < 1.29 is 18.9 Å². The van der Waals surface area contributed by atoms with E-state index in [1.807, 2.05) is 97.1 Å². The van der Waals surface area contributed by atoms with Crippen LogP contribution in [0.3, 0.4) is 0 Å². The molecule has 48 heavy (non-hydrogen) atoms. The topological polar surface area (TPSA) is 114 Å². The maximum absolute atomic E-state index is 6.21. The third kappa shape index (κ3) is 6.58. The van der Waals surface area contributed by atoms with E-state index in [1.54, 1.807) is 0 Å². The number of aromatic nitrogens is 6. The maximum atomic E-state index is 6.21. The zero-order chi connectivity index (χ0) is 33.5. The normalized spacial score (nSPS) is 14.6. The Kier molecular flexibility index (Phi) is 8.06. The number of hydrogen-bond acceptors (Lipinski definition) is 10. The summed E-state index contributed by atoms with van der Waals surface area (Å²) >= 11 is 12.4. The van der Waals surface area contributed by atoms with Crippen molar-refractivity contribution in [1.82, 2.24) is 29.9 Å². The Bertz CT molecular complexity index is 1800. The molecule has 0 spiro atoms. The number of rotatable bonds is 0. The average Bonchev–Trinajstić information content (AvgIpc) is 3.05. The Morgan fingerprint density at radius 2 is 0.562 bits per heavy atom. The molecule has 4 aromatic carbocycles. The summed E-state index contributed by atoms with van der Waals surface area (Å²) < 4.78 is 23.8. The van der Waals surface area contributed by atoms with Gasteiger partial charge in [0, 0.05) is 10.8 Å². The molecule has 0 fully saturated rings. The van der Waals surface area contributed by atoms with Crippen LogP contribution >= 0.6 is 23.2 Å². The van der Waals surface area contributed by atoms with Gasteiger partial charge < -0.3 is 18.9 Å². The highest BCUT2D eigenvalue weighted by molar-refractivity contribution is 6.28. The molecule has 0 saturated carbocycles. The van der Waals surface area contributed by atoms with Crippen molar-refractivity contribution in [2.75, 3.05) is 0 Å². The highest BCUT2D eigenvalue weighted by Gasteiger charge is 2.25. The van der Waals surface area contributed by atoms with E-state index in [0.717, 1.165) is 22.3 Å². The molecule has 0 atom stereocenters. The molecule has 0 radical (unpaired) electrons. The lowest BCUT2D eigenvalue weighted by Crippen LogP contribution is -2.18. The van der Waals surface area contributed by atoms with E-state index in [0.29, 0.717) is 23.0 Å². The summed E-state index contributed by atoms with van der Waals surface area (Å²) in [6.45, 7) is 8.51. The summed E-state index contributed by atoms with van der Waals surface area (Å²) in [5, 5.41) is -0.106. The molecule has 7 aliphatic rings. The lowest BCUT2D eigenvalue weighted by Gasteiger charge is -2.26. The summed E-state index contributed by atoms with van der Waals surface area (Å²) in [6, 6.07) is 30.7. The first-order valence-electron chi connectivity index (χ1n) is 15.0. The third-order valence-corrected chi connectivity index (χ3v) is 8.61. The SMILES string of the molecule is CC1(C)c2ccc(cc2)Oc2nc(Cl)nc(n2)Oc2ccc(cc2)C(C)(C)c2ccc(cc2)Oc2nc(Cl)nc(n2)Oc2ccc1cc2. The molecule has 0 unspecified atom stereocenters. The smallest absolute Gasteiger partial charge is 0.329 e. The summed E-state index contributed by atoms with van der Waals surface area (Å²) in [5.41, 5.74) is 3.52. The van der Waals surface area contributed by atoms with Crippen LogP contribution in [0.4, 0.5) is 0 Å². The van der Waals surface area contributed by atoms with Crippen LogP contribution in [0, 0.1) is 0 Å². The van der Waals surface area contributed by atoms with Crippen molar-refractivity contribution in [2.45, 2.75) is 38.5 Å². The molecule has 0 N–H and O–H groups in total. The molecule has 240 valence electrons. The van der Waals surface area contributed by atoms with Gasteiger partial charge in [0.25, 0.3) is 0 Å². The Balaban J connectivity index is 1.26. The van der Waals surface area contributed by atoms with Crippen LogP contribution in [0.5, 0.6) is 47.0 Å². The van der Waals surface area contributed by atoms with Gasteiger partial charge in [-0.25, -0.2) is 0 Å². The fraction of sp³-hybridized carbons (Fsp3) is 0.167. The van der Waals surface area contributed by atoms with Gasteiger partial charge in [0.05, 0.1) is 0 Å². The molecule has 12 bridgehead atoms. The quantitative estimate of drug-likeness (QED) is 0.154. The molecular weight excluding hydrogens is 651 g/mol. The van der Waals surface area contributed by atoms with Crippen LogP contribution in [-0.4, -0.2) is 29.9 Å². The second-order valence-electron chi connectivity index (χ2n) is 12.1. The van der Waals surface area contributed by atoms with Crippen molar-refractivity contribution in [1.29, 1.82) is 0 Å². The molecule has 2 aromatic heterocycles. The lowest BCUT2D eigenvalue weighted by molar-refractivity contribution is 0.396. The van der Waals surface area contributed by atoms with Gasteiger partial charge in [0.1, 0.15) is 23.0 Å². The first-order chi connectivity index (χ1) is 23.0. The average molecular weight is 680 g/mol. The number of hydrogen-bond donors (Lipinski definition) is 0. The highest BCUT2D eigenvalue weighted by Crippen LogP contribution is 2.36. The van der Waals surface area contributed by atoms with E-state index in [-0.39, 0.29) is 45.4 Å². The minimum Gasteiger partial charge on any atom is -0.424 e. The molecule has 9 heterocycles. The van der Waals surface area contributed by atoms with Crippen LogP contribution in [0.15, 0.2) is 97.1 Å². The molecule has 7 aliphatic heterocycles. The lowest BCUT2D eigenvalue weighted by atomic mass is 9.78. The fourth-order valence-corrected chi connectivity index (χ4v) is 5.61. The largest absolute Gasteiger partial charge is 0.424 e. The second-order valence-corrected chi connectivity index (χ2v) is 12.8. The fourth-order valence-electron chi connectivity index (χ4n) is 5.33.